The molecule has 0 unspecified atom stereocenters. The first-order chi connectivity index (χ1) is 10.1. The Balaban J connectivity index is 2.27. The highest BCUT2D eigenvalue weighted by Crippen LogP contribution is 2.39. The number of benzene rings is 2. The summed E-state index contributed by atoms with van der Waals surface area (Å²) in [6, 6.07) is 12.4. The van der Waals surface area contributed by atoms with Crippen molar-refractivity contribution in [1.29, 1.82) is 0 Å². The Bertz CT molecular complexity index is 808. The number of aryl methyl sites for hydroxylation is 2. The Morgan fingerprint density at radius 2 is 1.71 bits per heavy atom. The van der Waals surface area contributed by atoms with E-state index in [4.69, 9.17) is 10.3 Å². The zero-order chi connectivity index (χ0) is 15.0. The van der Waals surface area contributed by atoms with E-state index in [0.29, 0.717) is 22.7 Å². The molecule has 2 aromatic carbocycles. The van der Waals surface area contributed by atoms with Crippen molar-refractivity contribution >= 4 is 5.82 Å². The molecule has 0 spiro atoms. The molecule has 1 heterocycles. The van der Waals surface area contributed by atoms with Crippen LogP contribution in [0, 0.1) is 19.7 Å². The molecular formula is C17H15FN2O. The highest BCUT2D eigenvalue weighted by molar-refractivity contribution is 5.88. The molecule has 21 heavy (non-hydrogen) atoms. The number of rotatable bonds is 2. The van der Waals surface area contributed by atoms with Crippen LogP contribution in [-0.2, 0) is 0 Å². The van der Waals surface area contributed by atoms with Crippen LogP contribution in [0.5, 0.6) is 0 Å². The van der Waals surface area contributed by atoms with Gasteiger partial charge in [0.1, 0.15) is 5.82 Å². The third-order valence-corrected chi connectivity index (χ3v) is 3.58. The number of hydrogen-bond acceptors (Lipinski definition) is 3. The summed E-state index contributed by atoms with van der Waals surface area (Å²) < 4.78 is 18.9. The number of nitrogens with two attached hydrogens (primary N) is 1. The van der Waals surface area contributed by atoms with Gasteiger partial charge in [-0.05, 0) is 42.7 Å². The molecule has 106 valence electrons. The van der Waals surface area contributed by atoms with Crippen LogP contribution in [0.3, 0.4) is 0 Å². The number of halogens is 1. The quantitative estimate of drug-likeness (QED) is 0.760. The van der Waals surface area contributed by atoms with Crippen LogP contribution in [0.25, 0.3) is 22.5 Å². The average Bonchev–Trinajstić information content (AvgIpc) is 2.84. The van der Waals surface area contributed by atoms with Crippen LogP contribution in [0.2, 0.25) is 0 Å². The van der Waals surface area contributed by atoms with Gasteiger partial charge in [0.15, 0.2) is 11.6 Å². The maximum atomic E-state index is 13.6. The first kappa shape index (κ1) is 13.4. The van der Waals surface area contributed by atoms with Crippen LogP contribution >= 0.6 is 0 Å². The molecule has 3 rings (SSSR count). The van der Waals surface area contributed by atoms with Crippen molar-refractivity contribution < 1.29 is 8.91 Å². The average molecular weight is 282 g/mol. The molecule has 0 aliphatic rings. The second kappa shape index (κ2) is 5.05. The zero-order valence-electron chi connectivity index (χ0n) is 11.9. The Hall–Kier alpha value is -2.62. The predicted molar refractivity (Wildman–Crippen MR) is 81.2 cm³/mol. The lowest BCUT2D eigenvalue weighted by Crippen LogP contribution is -1.92. The van der Waals surface area contributed by atoms with Crippen molar-refractivity contribution in [2.24, 2.45) is 0 Å². The maximum absolute atomic E-state index is 13.6. The van der Waals surface area contributed by atoms with Crippen LogP contribution in [0.1, 0.15) is 11.1 Å². The van der Waals surface area contributed by atoms with E-state index in [1.54, 1.807) is 6.07 Å². The molecule has 0 radical (unpaired) electrons. The number of nitrogen functional groups attached to an aromatic ring is 1. The number of anilines is 1. The zero-order valence-corrected chi connectivity index (χ0v) is 11.9. The molecule has 0 saturated carbocycles. The fourth-order valence-electron chi connectivity index (χ4n) is 2.44. The molecule has 4 heteroatoms. The number of hydrogen-bond donors (Lipinski definition) is 1. The number of aromatic nitrogens is 1. The molecule has 2 N–H and O–H groups in total. The second-order valence-corrected chi connectivity index (χ2v) is 5.05. The summed E-state index contributed by atoms with van der Waals surface area (Å²) in [6.07, 6.45) is 0. The molecule has 0 fully saturated rings. The monoisotopic (exact) mass is 282 g/mol. The van der Waals surface area contributed by atoms with Crippen molar-refractivity contribution in [3.8, 4) is 22.5 Å². The summed E-state index contributed by atoms with van der Waals surface area (Å²) in [5.74, 6) is 0.489. The summed E-state index contributed by atoms with van der Waals surface area (Å²) >= 11 is 0. The fraction of sp³-hybridized carbons (Fsp3) is 0.118. The van der Waals surface area contributed by atoms with E-state index in [1.807, 2.05) is 38.1 Å². The molecule has 0 aliphatic heterocycles. The van der Waals surface area contributed by atoms with Crippen LogP contribution in [0.4, 0.5) is 10.2 Å². The first-order valence-corrected chi connectivity index (χ1v) is 6.65. The van der Waals surface area contributed by atoms with Crippen LogP contribution in [0.15, 0.2) is 47.0 Å². The molecule has 0 bridgehead atoms. The van der Waals surface area contributed by atoms with E-state index in [2.05, 4.69) is 5.16 Å². The molecule has 0 amide bonds. The third-order valence-electron chi connectivity index (χ3n) is 3.58. The smallest absolute Gasteiger partial charge is 0.177 e. The minimum Gasteiger partial charge on any atom is -0.380 e. The largest absolute Gasteiger partial charge is 0.380 e. The molecule has 1 aromatic heterocycles. The van der Waals surface area contributed by atoms with Gasteiger partial charge in [-0.15, -0.1) is 0 Å². The van der Waals surface area contributed by atoms with Crippen LogP contribution in [-0.4, -0.2) is 5.16 Å². The highest BCUT2D eigenvalue weighted by Gasteiger charge is 2.20. The maximum Gasteiger partial charge on any atom is 0.177 e. The van der Waals surface area contributed by atoms with Gasteiger partial charge in [-0.2, -0.15) is 0 Å². The molecule has 3 nitrogen and oxygen atoms in total. The molecule has 0 atom stereocenters. The van der Waals surface area contributed by atoms with E-state index in [-0.39, 0.29) is 5.82 Å². The summed E-state index contributed by atoms with van der Waals surface area (Å²) in [6.45, 7) is 3.89. The summed E-state index contributed by atoms with van der Waals surface area (Å²) in [5, 5.41) is 3.86. The van der Waals surface area contributed by atoms with Gasteiger partial charge in [-0.1, -0.05) is 35.5 Å². The standard InChI is InChI=1S/C17H15FN2O/c1-10-5-3-4-6-13(10)15-16(21-20-17(15)19)14-9-12(18)8-7-11(14)2/h3-9H,1-2H3,(H2,19,20). The fourth-order valence-corrected chi connectivity index (χ4v) is 2.44. The van der Waals surface area contributed by atoms with E-state index < -0.39 is 0 Å². The van der Waals surface area contributed by atoms with Gasteiger partial charge in [0, 0.05) is 5.56 Å². The van der Waals surface area contributed by atoms with Crippen LogP contribution < -0.4 is 5.73 Å². The minimum absolute atomic E-state index is 0.308. The lowest BCUT2D eigenvalue weighted by atomic mass is 9.96. The Morgan fingerprint density at radius 1 is 1.00 bits per heavy atom. The lowest BCUT2D eigenvalue weighted by Gasteiger charge is -2.08. The highest BCUT2D eigenvalue weighted by atomic mass is 19.1. The Morgan fingerprint density at radius 3 is 2.48 bits per heavy atom. The Labute approximate surface area is 122 Å². The molecule has 0 aliphatic carbocycles. The van der Waals surface area contributed by atoms with Crippen molar-refractivity contribution in [3.63, 3.8) is 0 Å². The van der Waals surface area contributed by atoms with Gasteiger partial charge in [0.05, 0.1) is 5.56 Å². The summed E-state index contributed by atoms with van der Waals surface area (Å²) in [7, 11) is 0. The van der Waals surface area contributed by atoms with Gasteiger partial charge in [-0.25, -0.2) is 4.39 Å². The minimum atomic E-state index is -0.318. The van der Waals surface area contributed by atoms with E-state index in [1.165, 1.54) is 12.1 Å². The SMILES string of the molecule is Cc1ccc(F)cc1-c1onc(N)c1-c1ccccc1C. The summed E-state index contributed by atoms with van der Waals surface area (Å²) in [4.78, 5) is 0. The van der Waals surface area contributed by atoms with Crippen molar-refractivity contribution in [3.05, 3.63) is 59.4 Å². The van der Waals surface area contributed by atoms with Crippen molar-refractivity contribution in [2.45, 2.75) is 13.8 Å². The van der Waals surface area contributed by atoms with Crippen molar-refractivity contribution in [2.75, 3.05) is 5.73 Å². The lowest BCUT2D eigenvalue weighted by molar-refractivity contribution is 0.435. The Kier molecular flexibility index (Phi) is 3.22. The molecule has 3 aromatic rings. The second-order valence-electron chi connectivity index (χ2n) is 5.05. The topological polar surface area (TPSA) is 52.0 Å². The van der Waals surface area contributed by atoms with Gasteiger partial charge >= 0.3 is 0 Å². The van der Waals surface area contributed by atoms with E-state index >= 15 is 0 Å². The predicted octanol–water partition coefficient (Wildman–Crippen LogP) is 4.35. The van der Waals surface area contributed by atoms with E-state index in [0.717, 1.165) is 16.7 Å². The van der Waals surface area contributed by atoms with Gasteiger partial charge in [0.2, 0.25) is 0 Å². The van der Waals surface area contributed by atoms with Gasteiger partial charge < -0.3 is 10.3 Å². The van der Waals surface area contributed by atoms with Gasteiger partial charge in [-0.3, -0.25) is 0 Å². The molecule has 0 saturated heterocycles. The molecular weight excluding hydrogens is 267 g/mol. The van der Waals surface area contributed by atoms with E-state index in [9.17, 15) is 4.39 Å². The number of nitrogens with zero attached hydrogens (tertiary/aromatic N) is 1. The van der Waals surface area contributed by atoms with Gasteiger partial charge in [0.25, 0.3) is 0 Å². The third kappa shape index (κ3) is 2.29. The first-order valence-electron chi connectivity index (χ1n) is 6.65. The summed E-state index contributed by atoms with van der Waals surface area (Å²) in [5.41, 5.74) is 10.2. The normalized spacial score (nSPS) is 10.8. The van der Waals surface area contributed by atoms with Crippen molar-refractivity contribution in [1.82, 2.24) is 5.16 Å².